The summed E-state index contributed by atoms with van der Waals surface area (Å²) in [5.74, 6) is 1.91. The van der Waals surface area contributed by atoms with Crippen LogP contribution in [-0.2, 0) is 11.3 Å². The number of amides is 1. The van der Waals surface area contributed by atoms with Gasteiger partial charge in [0.05, 0.1) is 18.7 Å². The number of nitriles is 1. The Morgan fingerprint density at radius 1 is 1.21 bits per heavy atom. The number of piperidine rings is 1. The zero-order valence-electron chi connectivity index (χ0n) is 17.4. The molecule has 1 fully saturated rings. The lowest BCUT2D eigenvalue weighted by Crippen LogP contribution is -3.15. The average Bonchev–Trinajstić information content (AvgIpc) is 2.85. The first-order chi connectivity index (χ1) is 13.4. The van der Waals surface area contributed by atoms with Gasteiger partial charge in [-0.05, 0) is 31.4 Å². The lowest BCUT2D eigenvalue weighted by Gasteiger charge is -2.31. The summed E-state index contributed by atoms with van der Waals surface area (Å²) in [6.45, 7) is 11.6. The predicted octanol–water partition coefficient (Wildman–Crippen LogP) is 2.52. The number of aromatic nitrogens is 1. The SMILES string of the molecule is Cc1c(C#N)c(NC(=O)C[NH+]2C[C@@H](C)C[C@H](C)C2)n(Cc2ccccc2)c1C. The number of anilines is 1. The lowest BCUT2D eigenvalue weighted by molar-refractivity contribution is -0.904. The smallest absolute Gasteiger partial charge is 0.280 e. The van der Waals surface area contributed by atoms with Crippen molar-refractivity contribution in [3.8, 4) is 6.07 Å². The number of nitrogens with zero attached hydrogens (tertiary/aromatic N) is 2. The summed E-state index contributed by atoms with van der Waals surface area (Å²) in [7, 11) is 0. The van der Waals surface area contributed by atoms with E-state index in [4.69, 9.17) is 0 Å². The molecule has 5 heteroatoms. The Hall–Kier alpha value is -2.58. The third kappa shape index (κ3) is 4.45. The van der Waals surface area contributed by atoms with Crippen LogP contribution in [0.3, 0.4) is 0 Å². The first-order valence-electron chi connectivity index (χ1n) is 10.2. The van der Waals surface area contributed by atoms with E-state index in [1.807, 2.05) is 32.0 Å². The minimum atomic E-state index is -0.0142. The quantitative estimate of drug-likeness (QED) is 0.839. The number of likely N-dealkylation sites (tertiary alicyclic amines) is 1. The van der Waals surface area contributed by atoms with Gasteiger partial charge in [0.1, 0.15) is 11.9 Å². The van der Waals surface area contributed by atoms with Crippen molar-refractivity contribution < 1.29 is 9.69 Å². The number of rotatable bonds is 5. The Morgan fingerprint density at radius 3 is 2.46 bits per heavy atom. The molecule has 5 nitrogen and oxygen atoms in total. The molecule has 28 heavy (non-hydrogen) atoms. The van der Waals surface area contributed by atoms with E-state index in [9.17, 15) is 10.1 Å². The van der Waals surface area contributed by atoms with Gasteiger partial charge in [-0.3, -0.25) is 4.79 Å². The van der Waals surface area contributed by atoms with Crippen LogP contribution in [0.4, 0.5) is 5.82 Å². The van der Waals surface area contributed by atoms with E-state index in [0.717, 1.165) is 29.9 Å². The number of hydrogen-bond donors (Lipinski definition) is 2. The molecule has 0 unspecified atom stereocenters. The Morgan fingerprint density at radius 2 is 1.86 bits per heavy atom. The normalized spacial score (nSPS) is 21.9. The molecule has 148 valence electrons. The monoisotopic (exact) mass is 379 g/mol. The lowest BCUT2D eigenvalue weighted by atomic mass is 9.92. The van der Waals surface area contributed by atoms with E-state index < -0.39 is 0 Å². The van der Waals surface area contributed by atoms with Crippen molar-refractivity contribution in [2.24, 2.45) is 11.8 Å². The Balaban J connectivity index is 1.81. The van der Waals surface area contributed by atoms with E-state index in [0.29, 0.717) is 36.3 Å². The number of nitrogens with one attached hydrogen (secondary N) is 2. The third-order valence-electron chi connectivity index (χ3n) is 5.87. The molecule has 1 saturated heterocycles. The van der Waals surface area contributed by atoms with E-state index >= 15 is 0 Å². The van der Waals surface area contributed by atoms with Crippen molar-refractivity contribution in [3.05, 3.63) is 52.7 Å². The Kier molecular flexibility index (Phi) is 6.21. The summed E-state index contributed by atoms with van der Waals surface area (Å²) in [5, 5.41) is 12.8. The van der Waals surface area contributed by atoms with Crippen molar-refractivity contribution in [1.29, 1.82) is 5.26 Å². The minimum Gasteiger partial charge on any atom is -0.327 e. The highest BCUT2D eigenvalue weighted by molar-refractivity contribution is 5.92. The van der Waals surface area contributed by atoms with Gasteiger partial charge in [0.15, 0.2) is 6.54 Å². The standard InChI is InChI=1S/C23H30N4O/c1-16-10-17(2)13-26(12-16)15-22(28)25-23-21(11-24)18(3)19(4)27(23)14-20-8-6-5-7-9-20/h5-9,16-17H,10,12-15H2,1-4H3,(H,25,28)/p+1/t16-,17-/m0/s1. The first-order valence-corrected chi connectivity index (χ1v) is 10.2. The van der Waals surface area contributed by atoms with Crippen molar-refractivity contribution in [2.75, 3.05) is 25.0 Å². The van der Waals surface area contributed by atoms with Crippen molar-refractivity contribution >= 4 is 11.7 Å². The molecule has 0 spiro atoms. The maximum atomic E-state index is 12.8. The summed E-state index contributed by atoms with van der Waals surface area (Å²) in [6.07, 6.45) is 1.24. The molecule has 2 atom stereocenters. The molecular formula is C23H31N4O+. The fraction of sp³-hybridized carbons (Fsp3) is 0.478. The molecule has 2 heterocycles. The molecule has 1 aromatic carbocycles. The summed E-state index contributed by atoms with van der Waals surface area (Å²) < 4.78 is 2.05. The molecule has 0 saturated carbocycles. The number of carbonyl (C=O) groups is 1. The van der Waals surface area contributed by atoms with Crippen LogP contribution in [0.25, 0.3) is 0 Å². The van der Waals surface area contributed by atoms with Gasteiger partial charge in [0, 0.05) is 24.1 Å². The highest BCUT2D eigenvalue weighted by Gasteiger charge is 2.28. The second-order valence-electron chi connectivity index (χ2n) is 8.45. The van der Waals surface area contributed by atoms with Gasteiger partial charge in [-0.15, -0.1) is 0 Å². The molecule has 1 aromatic heterocycles. The molecule has 2 N–H and O–H groups in total. The number of hydrogen-bond acceptors (Lipinski definition) is 2. The van der Waals surface area contributed by atoms with Gasteiger partial charge in [0.25, 0.3) is 5.91 Å². The van der Waals surface area contributed by atoms with Crippen LogP contribution < -0.4 is 10.2 Å². The summed E-state index contributed by atoms with van der Waals surface area (Å²) in [4.78, 5) is 14.2. The highest BCUT2D eigenvalue weighted by atomic mass is 16.2. The maximum Gasteiger partial charge on any atom is 0.280 e. The molecular weight excluding hydrogens is 348 g/mol. The van der Waals surface area contributed by atoms with Gasteiger partial charge in [-0.25, -0.2) is 0 Å². The van der Waals surface area contributed by atoms with Crippen molar-refractivity contribution in [1.82, 2.24) is 4.57 Å². The average molecular weight is 380 g/mol. The van der Waals surface area contributed by atoms with E-state index in [1.54, 1.807) is 0 Å². The molecule has 1 aliphatic rings. The third-order valence-corrected chi connectivity index (χ3v) is 5.87. The first kappa shape index (κ1) is 20.2. The van der Waals surface area contributed by atoms with Crippen molar-refractivity contribution in [3.63, 3.8) is 0 Å². The molecule has 1 amide bonds. The number of carbonyl (C=O) groups excluding carboxylic acids is 1. The molecule has 3 rings (SSSR count). The van der Waals surface area contributed by atoms with Gasteiger partial charge < -0.3 is 14.8 Å². The maximum absolute atomic E-state index is 12.8. The second kappa shape index (κ2) is 8.62. The fourth-order valence-corrected chi connectivity index (χ4v) is 4.56. The molecule has 2 aromatic rings. The highest BCUT2D eigenvalue weighted by Crippen LogP contribution is 2.27. The van der Waals surface area contributed by atoms with Gasteiger partial charge >= 0.3 is 0 Å². The number of quaternary nitrogens is 1. The zero-order valence-corrected chi connectivity index (χ0v) is 17.4. The van der Waals surface area contributed by atoms with Crippen LogP contribution in [0.15, 0.2) is 30.3 Å². The topological polar surface area (TPSA) is 62.3 Å². The Labute approximate surface area is 168 Å². The molecule has 0 aliphatic carbocycles. The van der Waals surface area contributed by atoms with Crippen LogP contribution >= 0.6 is 0 Å². The van der Waals surface area contributed by atoms with E-state index in [2.05, 4.69) is 41.9 Å². The molecule has 0 bridgehead atoms. The number of benzene rings is 1. The largest absolute Gasteiger partial charge is 0.327 e. The van der Waals surface area contributed by atoms with Crippen LogP contribution in [0, 0.1) is 37.0 Å². The predicted molar refractivity (Wildman–Crippen MR) is 111 cm³/mol. The molecule has 0 radical (unpaired) electrons. The van der Waals surface area contributed by atoms with Crippen LogP contribution in [0.2, 0.25) is 0 Å². The van der Waals surface area contributed by atoms with Gasteiger partial charge in [-0.2, -0.15) is 5.26 Å². The van der Waals surface area contributed by atoms with E-state index in [1.165, 1.54) is 11.3 Å². The van der Waals surface area contributed by atoms with Gasteiger partial charge in [-0.1, -0.05) is 44.2 Å². The zero-order chi connectivity index (χ0) is 20.3. The Bertz CT molecular complexity index is 868. The van der Waals surface area contributed by atoms with Crippen molar-refractivity contribution in [2.45, 2.75) is 40.7 Å². The van der Waals surface area contributed by atoms with E-state index in [-0.39, 0.29) is 5.91 Å². The van der Waals surface area contributed by atoms with Gasteiger partial charge in [0.2, 0.25) is 0 Å². The molecule has 1 aliphatic heterocycles. The van der Waals surface area contributed by atoms with Crippen LogP contribution in [-0.4, -0.2) is 30.1 Å². The van der Waals surface area contributed by atoms with Crippen LogP contribution in [0.1, 0.15) is 42.7 Å². The summed E-state index contributed by atoms with van der Waals surface area (Å²) >= 11 is 0. The van der Waals surface area contributed by atoms with Crippen LogP contribution in [0.5, 0.6) is 0 Å². The fourth-order valence-electron chi connectivity index (χ4n) is 4.56. The summed E-state index contributed by atoms with van der Waals surface area (Å²) in [6, 6.07) is 12.4. The summed E-state index contributed by atoms with van der Waals surface area (Å²) in [5.41, 5.74) is 3.66. The minimum absolute atomic E-state index is 0.0142. The second-order valence-corrected chi connectivity index (χ2v) is 8.45.